The van der Waals surface area contributed by atoms with Gasteiger partial charge in [0.2, 0.25) is 0 Å². The van der Waals surface area contributed by atoms with Crippen molar-refractivity contribution in [1.29, 1.82) is 0 Å². The number of carbonyl (C=O) groups excluding carboxylic acids is 1. The number of amides is 1. The maximum absolute atomic E-state index is 11.9. The highest BCUT2D eigenvalue weighted by molar-refractivity contribution is 7.07. The molecule has 0 unspecified atom stereocenters. The lowest BCUT2D eigenvalue weighted by atomic mass is 10.2. The average Bonchev–Trinajstić information content (AvgIpc) is 3.07. The Kier molecular flexibility index (Phi) is 4.57. The highest BCUT2D eigenvalue weighted by Crippen LogP contribution is 2.16. The molecular weight excluding hydrogens is 278 g/mol. The van der Waals surface area contributed by atoms with E-state index in [9.17, 15) is 9.59 Å². The lowest BCUT2D eigenvalue weighted by Gasteiger charge is -2.01. The summed E-state index contributed by atoms with van der Waals surface area (Å²) in [7, 11) is 0. The number of hydrogen-bond donors (Lipinski definition) is 2. The number of nitrogens with one attached hydrogen (secondary N) is 1. The van der Waals surface area contributed by atoms with E-state index in [2.05, 4.69) is 5.32 Å². The molecule has 2 rings (SSSR count). The smallest absolute Gasteiger partial charge is 0.339 e. The third kappa shape index (κ3) is 3.27. The first kappa shape index (κ1) is 14.3. The van der Waals surface area contributed by atoms with Crippen LogP contribution in [-0.4, -0.2) is 23.5 Å². The highest BCUT2D eigenvalue weighted by Gasteiger charge is 2.19. The summed E-state index contributed by atoms with van der Waals surface area (Å²) in [5.41, 5.74) is 1.21. The van der Waals surface area contributed by atoms with Crippen LogP contribution in [0.1, 0.15) is 39.2 Å². The molecule has 0 aliphatic carbocycles. The highest BCUT2D eigenvalue weighted by atomic mass is 32.1. The molecule has 0 radical (unpaired) electrons. The Morgan fingerprint density at radius 1 is 1.45 bits per heavy atom. The molecule has 1 amide bonds. The molecule has 20 heavy (non-hydrogen) atoms. The fraction of sp³-hybridized carbons (Fsp3) is 0.286. The first-order valence-electron chi connectivity index (χ1n) is 6.27. The van der Waals surface area contributed by atoms with E-state index in [1.807, 2.05) is 16.8 Å². The lowest BCUT2D eigenvalue weighted by Crippen LogP contribution is -2.25. The van der Waals surface area contributed by atoms with E-state index in [1.54, 1.807) is 18.3 Å². The van der Waals surface area contributed by atoms with Gasteiger partial charge in [-0.25, -0.2) is 4.79 Å². The molecule has 2 aromatic rings. The maximum Gasteiger partial charge on any atom is 0.339 e. The Balaban J connectivity index is 1.97. The zero-order valence-corrected chi connectivity index (χ0v) is 11.8. The van der Waals surface area contributed by atoms with Gasteiger partial charge in [0, 0.05) is 19.0 Å². The number of aromatic carboxylic acids is 1. The van der Waals surface area contributed by atoms with Gasteiger partial charge in [-0.3, -0.25) is 4.79 Å². The van der Waals surface area contributed by atoms with Crippen LogP contribution in [0, 0.1) is 0 Å². The van der Waals surface area contributed by atoms with E-state index in [-0.39, 0.29) is 17.2 Å². The predicted octanol–water partition coefficient (Wildman–Crippen LogP) is 2.57. The van der Waals surface area contributed by atoms with Crippen LogP contribution >= 0.6 is 11.3 Å². The minimum atomic E-state index is -1.08. The van der Waals surface area contributed by atoms with Gasteiger partial charge in [0.15, 0.2) is 5.76 Å². The fourth-order valence-electron chi connectivity index (χ4n) is 1.83. The molecule has 2 aromatic heterocycles. The van der Waals surface area contributed by atoms with E-state index in [1.165, 1.54) is 6.07 Å². The van der Waals surface area contributed by atoms with Crippen molar-refractivity contribution in [2.24, 2.45) is 0 Å². The molecule has 2 heterocycles. The van der Waals surface area contributed by atoms with E-state index in [4.69, 9.17) is 9.52 Å². The van der Waals surface area contributed by atoms with Crippen LogP contribution in [0.15, 0.2) is 27.3 Å². The fourth-order valence-corrected chi connectivity index (χ4v) is 2.53. The van der Waals surface area contributed by atoms with Crippen molar-refractivity contribution in [3.8, 4) is 0 Å². The van der Waals surface area contributed by atoms with Gasteiger partial charge < -0.3 is 14.8 Å². The van der Waals surface area contributed by atoms with Gasteiger partial charge in [-0.2, -0.15) is 11.3 Å². The standard InChI is InChI=1S/C14H15NO4S/c1-2-11-10(14(17)18)7-12(19-11)13(16)15-5-3-9-4-6-20-8-9/h4,6-8H,2-3,5H2,1H3,(H,15,16)(H,17,18). The van der Waals surface area contributed by atoms with Gasteiger partial charge in [-0.15, -0.1) is 0 Å². The van der Waals surface area contributed by atoms with E-state index in [0.29, 0.717) is 18.7 Å². The van der Waals surface area contributed by atoms with Crippen molar-refractivity contribution in [3.05, 3.63) is 45.5 Å². The molecule has 0 aromatic carbocycles. The second kappa shape index (κ2) is 6.38. The van der Waals surface area contributed by atoms with Gasteiger partial charge in [0.05, 0.1) is 0 Å². The van der Waals surface area contributed by atoms with Crippen molar-refractivity contribution in [3.63, 3.8) is 0 Å². The van der Waals surface area contributed by atoms with Crippen LogP contribution in [0.2, 0.25) is 0 Å². The van der Waals surface area contributed by atoms with E-state index in [0.717, 1.165) is 12.0 Å². The van der Waals surface area contributed by atoms with Gasteiger partial charge in [0.1, 0.15) is 11.3 Å². The summed E-state index contributed by atoms with van der Waals surface area (Å²) >= 11 is 1.61. The Labute approximate surface area is 120 Å². The zero-order chi connectivity index (χ0) is 14.5. The Morgan fingerprint density at radius 3 is 2.80 bits per heavy atom. The van der Waals surface area contributed by atoms with Gasteiger partial charge in [0.25, 0.3) is 5.91 Å². The van der Waals surface area contributed by atoms with Gasteiger partial charge in [-0.05, 0) is 28.8 Å². The topological polar surface area (TPSA) is 79.5 Å². The normalized spacial score (nSPS) is 10.4. The number of carboxylic acid groups (broad SMARTS) is 1. The van der Waals surface area contributed by atoms with Gasteiger partial charge >= 0.3 is 5.97 Å². The van der Waals surface area contributed by atoms with E-state index >= 15 is 0 Å². The molecule has 5 nitrogen and oxygen atoms in total. The van der Waals surface area contributed by atoms with Crippen LogP contribution in [0.3, 0.4) is 0 Å². The molecule has 0 spiro atoms. The van der Waals surface area contributed by atoms with Crippen LogP contribution in [-0.2, 0) is 12.8 Å². The molecule has 6 heteroatoms. The van der Waals surface area contributed by atoms with E-state index < -0.39 is 5.97 Å². The average molecular weight is 293 g/mol. The third-order valence-electron chi connectivity index (χ3n) is 2.86. The summed E-state index contributed by atoms with van der Waals surface area (Å²) in [6.45, 7) is 2.27. The largest absolute Gasteiger partial charge is 0.478 e. The third-order valence-corrected chi connectivity index (χ3v) is 3.60. The molecule has 0 aliphatic heterocycles. The number of hydrogen-bond acceptors (Lipinski definition) is 4. The van der Waals surface area contributed by atoms with Crippen molar-refractivity contribution in [2.45, 2.75) is 19.8 Å². The first-order valence-corrected chi connectivity index (χ1v) is 7.21. The van der Waals surface area contributed by atoms with Crippen molar-refractivity contribution in [1.82, 2.24) is 5.32 Å². The SMILES string of the molecule is CCc1oc(C(=O)NCCc2ccsc2)cc1C(=O)O. The number of aryl methyl sites for hydroxylation is 1. The number of carboxylic acids is 1. The number of furan rings is 1. The monoisotopic (exact) mass is 293 g/mol. The number of thiophene rings is 1. The first-order chi connectivity index (χ1) is 9.61. The lowest BCUT2D eigenvalue weighted by molar-refractivity contribution is 0.0694. The minimum absolute atomic E-state index is 0.0459. The molecule has 0 bridgehead atoms. The number of carbonyl (C=O) groups is 2. The summed E-state index contributed by atoms with van der Waals surface area (Å²) in [6, 6.07) is 3.28. The van der Waals surface area contributed by atoms with Crippen molar-refractivity contribution in [2.75, 3.05) is 6.54 Å². The molecule has 106 valence electrons. The van der Waals surface area contributed by atoms with Crippen molar-refractivity contribution >= 4 is 23.2 Å². The second-order valence-electron chi connectivity index (χ2n) is 4.24. The van der Waals surface area contributed by atoms with Gasteiger partial charge in [-0.1, -0.05) is 6.92 Å². The van der Waals surface area contributed by atoms with Crippen LogP contribution in [0.4, 0.5) is 0 Å². The van der Waals surface area contributed by atoms with Crippen LogP contribution in [0.25, 0.3) is 0 Å². The molecular formula is C14H15NO4S. The van der Waals surface area contributed by atoms with Crippen LogP contribution in [0.5, 0.6) is 0 Å². The summed E-state index contributed by atoms with van der Waals surface area (Å²) in [5, 5.41) is 15.7. The molecule has 0 saturated heterocycles. The molecule has 0 fully saturated rings. The molecule has 0 atom stereocenters. The second-order valence-corrected chi connectivity index (χ2v) is 5.02. The summed E-state index contributed by atoms with van der Waals surface area (Å²) in [5.74, 6) is -1.10. The Morgan fingerprint density at radius 2 is 2.25 bits per heavy atom. The van der Waals surface area contributed by atoms with Crippen molar-refractivity contribution < 1.29 is 19.1 Å². The van der Waals surface area contributed by atoms with Crippen LogP contribution < -0.4 is 5.32 Å². The minimum Gasteiger partial charge on any atom is -0.478 e. The summed E-state index contributed by atoms with van der Waals surface area (Å²) < 4.78 is 5.28. The molecule has 2 N–H and O–H groups in total. The predicted molar refractivity (Wildman–Crippen MR) is 75.4 cm³/mol. The summed E-state index contributed by atoms with van der Waals surface area (Å²) in [4.78, 5) is 22.9. The quantitative estimate of drug-likeness (QED) is 0.858. The number of rotatable bonds is 6. The maximum atomic E-state index is 11.9. The summed E-state index contributed by atoms with van der Waals surface area (Å²) in [6.07, 6.45) is 1.17. The molecule has 0 saturated carbocycles. The zero-order valence-electron chi connectivity index (χ0n) is 11.0. The Hall–Kier alpha value is -2.08. The Bertz CT molecular complexity index is 601. The molecule has 0 aliphatic rings.